The quantitative estimate of drug-likeness (QED) is 0.623. The van der Waals surface area contributed by atoms with Crippen molar-refractivity contribution in [3.63, 3.8) is 0 Å². The summed E-state index contributed by atoms with van der Waals surface area (Å²) < 4.78 is 7.60. The van der Waals surface area contributed by atoms with Crippen molar-refractivity contribution in [3.8, 4) is 17.0 Å². The van der Waals surface area contributed by atoms with Crippen LogP contribution in [0.3, 0.4) is 0 Å². The van der Waals surface area contributed by atoms with Gasteiger partial charge in [0, 0.05) is 31.3 Å². The maximum Gasteiger partial charge on any atom is 0.279 e. The minimum absolute atomic E-state index is 0.0729. The largest absolute Gasteiger partial charge is 0.487 e. The van der Waals surface area contributed by atoms with Gasteiger partial charge in [-0.2, -0.15) is 0 Å². The summed E-state index contributed by atoms with van der Waals surface area (Å²) in [6.45, 7) is 3.94. The molecule has 0 amide bonds. The highest BCUT2D eigenvalue weighted by atomic mass is 16.6. The van der Waals surface area contributed by atoms with E-state index < -0.39 is 0 Å². The van der Waals surface area contributed by atoms with Gasteiger partial charge in [-0.3, -0.25) is 10.1 Å². The average Bonchev–Trinajstić information content (AvgIpc) is 2.88. The number of fused-ring (bicyclic) bond motifs is 1. The standard InChI is InChI=1S/C14H15N3O3/c1-14(2)6-9-4-12(17(18)19)10(5-13(9)20-14)11-7-16(3)8-15-11/h4-5,7-8H,6H2,1-3H3. The Bertz CT molecular complexity index is 704. The molecule has 1 aromatic heterocycles. The minimum atomic E-state index is -0.365. The van der Waals surface area contributed by atoms with Gasteiger partial charge < -0.3 is 9.30 Å². The first-order valence-electron chi connectivity index (χ1n) is 6.34. The number of nitrogens with zero attached hydrogens (tertiary/aromatic N) is 3. The van der Waals surface area contributed by atoms with Gasteiger partial charge in [0.05, 0.1) is 22.5 Å². The summed E-state index contributed by atoms with van der Waals surface area (Å²) in [4.78, 5) is 15.1. The highest BCUT2D eigenvalue weighted by molar-refractivity contribution is 5.74. The average molecular weight is 273 g/mol. The lowest BCUT2D eigenvalue weighted by Crippen LogP contribution is -2.24. The summed E-state index contributed by atoms with van der Waals surface area (Å²) in [5, 5.41) is 11.3. The van der Waals surface area contributed by atoms with E-state index in [1.165, 1.54) is 0 Å². The van der Waals surface area contributed by atoms with E-state index in [0.29, 0.717) is 23.4 Å². The highest BCUT2D eigenvalue weighted by Gasteiger charge is 2.33. The molecule has 3 rings (SSSR count). The third-order valence-corrected chi connectivity index (χ3v) is 3.36. The molecule has 104 valence electrons. The summed E-state index contributed by atoms with van der Waals surface area (Å²) in [6.07, 6.45) is 4.05. The Morgan fingerprint density at radius 3 is 2.80 bits per heavy atom. The SMILES string of the molecule is Cn1cnc(-c2cc3c(cc2[N+](=O)[O-])CC(C)(C)O3)c1. The van der Waals surface area contributed by atoms with Crippen LogP contribution in [0.25, 0.3) is 11.3 Å². The van der Waals surface area contributed by atoms with Crippen molar-refractivity contribution >= 4 is 5.69 Å². The van der Waals surface area contributed by atoms with E-state index >= 15 is 0 Å². The van der Waals surface area contributed by atoms with Crippen LogP contribution in [0.2, 0.25) is 0 Å². The predicted molar refractivity (Wildman–Crippen MR) is 73.7 cm³/mol. The molecule has 0 fully saturated rings. The molecule has 0 unspecified atom stereocenters. The van der Waals surface area contributed by atoms with Crippen LogP contribution in [-0.4, -0.2) is 20.1 Å². The molecule has 0 radical (unpaired) electrons. The molecule has 0 saturated heterocycles. The van der Waals surface area contributed by atoms with Gasteiger partial charge >= 0.3 is 0 Å². The third-order valence-electron chi connectivity index (χ3n) is 3.36. The van der Waals surface area contributed by atoms with Crippen LogP contribution in [0.1, 0.15) is 19.4 Å². The van der Waals surface area contributed by atoms with Gasteiger partial charge in [-0.25, -0.2) is 4.98 Å². The van der Waals surface area contributed by atoms with E-state index in [-0.39, 0.29) is 16.2 Å². The zero-order valence-corrected chi connectivity index (χ0v) is 11.6. The molecule has 0 aliphatic carbocycles. The number of nitro benzene ring substituents is 1. The van der Waals surface area contributed by atoms with Gasteiger partial charge in [-0.05, 0) is 19.9 Å². The van der Waals surface area contributed by atoms with Crippen LogP contribution in [0, 0.1) is 10.1 Å². The lowest BCUT2D eigenvalue weighted by molar-refractivity contribution is -0.384. The fraction of sp³-hybridized carbons (Fsp3) is 0.357. The fourth-order valence-corrected chi connectivity index (χ4v) is 2.55. The normalized spacial score (nSPS) is 15.8. The lowest BCUT2D eigenvalue weighted by Gasteiger charge is -2.16. The first kappa shape index (κ1) is 12.7. The predicted octanol–water partition coefficient (Wildman–Crippen LogP) is 2.71. The summed E-state index contributed by atoms with van der Waals surface area (Å²) in [5.74, 6) is 0.709. The van der Waals surface area contributed by atoms with Crippen molar-refractivity contribution in [1.29, 1.82) is 0 Å². The molecule has 1 aliphatic rings. The molecule has 6 nitrogen and oxygen atoms in total. The number of hydrogen-bond donors (Lipinski definition) is 0. The minimum Gasteiger partial charge on any atom is -0.487 e. The molecular weight excluding hydrogens is 258 g/mol. The van der Waals surface area contributed by atoms with Crippen LogP contribution >= 0.6 is 0 Å². The number of rotatable bonds is 2. The van der Waals surface area contributed by atoms with Gasteiger partial charge in [0.15, 0.2) is 0 Å². The van der Waals surface area contributed by atoms with Crippen LogP contribution in [0.4, 0.5) is 5.69 Å². The second-order valence-corrected chi connectivity index (χ2v) is 5.70. The molecule has 1 aromatic carbocycles. The van der Waals surface area contributed by atoms with Crippen LogP contribution < -0.4 is 4.74 Å². The number of nitro groups is 1. The first-order chi connectivity index (χ1) is 9.35. The molecule has 0 saturated carbocycles. The van der Waals surface area contributed by atoms with Gasteiger partial charge in [0.1, 0.15) is 11.4 Å². The number of imidazole rings is 1. The molecular formula is C14H15N3O3. The van der Waals surface area contributed by atoms with Crippen molar-refractivity contribution in [2.45, 2.75) is 25.9 Å². The second-order valence-electron chi connectivity index (χ2n) is 5.70. The van der Waals surface area contributed by atoms with E-state index in [0.717, 1.165) is 5.56 Å². The van der Waals surface area contributed by atoms with E-state index in [1.54, 1.807) is 29.2 Å². The van der Waals surface area contributed by atoms with Crippen molar-refractivity contribution in [1.82, 2.24) is 9.55 Å². The molecule has 20 heavy (non-hydrogen) atoms. The third kappa shape index (κ3) is 2.03. The van der Waals surface area contributed by atoms with Crippen molar-refractivity contribution in [2.75, 3.05) is 0 Å². The zero-order valence-electron chi connectivity index (χ0n) is 11.6. The summed E-state index contributed by atoms with van der Waals surface area (Å²) in [6, 6.07) is 3.33. The van der Waals surface area contributed by atoms with E-state index in [2.05, 4.69) is 4.98 Å². The molecule has 0 bridgehead atoms. The molecule has 2 aromatic rings. The smallest absolute Gasteiger partial charge is 0.279 e. The molecule has 1 aliphatic heterocycles. The Labute approximate surface area is 116 Å². The maximum atomic E-state index is 11.3. The van der Waals surface area contributed by atoms with Crippen molar-refractivity contribution < 1.29 is 9.66 Å². The van der Waals surface area contributed by atoms with E-state index in [4.69, 9.17) is 4.74 Å². The Kier molecular flexibility index (Phi) is 2.57. The van der Waals surface area contributed by atoms with Crippen molar-refractivity contribution in [2.24, 2.45) is 7.05 Å². The number of benzene rings is 1. The Hall–Kier alpha value is -2.37. The zero-order chi connectivity index (χ0) is 14.5. The van der Waals surface area contributed by atoms with Gasteiger partial charge in [0.2, 0.25) is 0 Å². The van der Waals surface area contributed by atoms with Crippen LogP contribution in [0.5, 0.6) is 5.75 Å². The number of aryl methyl sites for hydroxylation is 1. The monoisotopic (exact) mass is 273 g/mol. The lowest BCUT2D eigenvalue weighted by atomic mass is 9.99. The summed E-state index contributed by atoms with van der Waals surface area (Å²) in [7, 11) is 1.83. The Morgan fingerprint density at radius 2 is 2.20 bits per heavy atom. The number of hydrogen-bond acceptors (Lipinski definition) is 4. The topological polar surface area (TPSA) is 70.2 Å². The van der Waals surface area contributed by atoms with Crippen LogP contribution in [0.15, 0.2) is 24.7 Å². The second kappa shape index (κ2) is 4.06. The summed E-state index contributed by atoms with van der Waals surface area (Å²) >= 11 is 0. The Morgan fingerprint density at radius 1 is 1.45 bits per heavy atom. The first-order valence-corrected chi connectivity index (χ1v) is 6.34. The maximum absolute atomic E-state index is 11.3. The Balaban J connectivity index is 2.17. The molecule has 0 N–H and O–H groups in total. The summed E-state index contributed by atoms with van der Waals surface area (Å²) in [5.41, 5.74) is 1.70. The number of ether oxygens (including phenoxy) is 1. The van der Waals surface area contributed by atoms with E-state index in [9.17, 15) is 10.1 Å². The fourth-order valence-electron chi connectivity index (χ4n) is 2.55. The molecule has 6 heteroatoms. The highest BCUT2D eigenvalue weighted by Crippen LogP contribution is 2.41. The van der Waals surface area contributed by atoms with Gasteiger partial charge in [-0.15, -0.1) is 0 Å². The molecule has 0 spiro atoms. The molecule has 0 atom stereocenters. The molecule has 2 heterocycles. The number of aromatic nitrogens is 2. The van der Waals surface area contributed by atoms with E-state index in [1.807, 2.05) is 20.9 Å². The van der Waals surface area contributed by atoms with Crippen LogP contribution in [-0.2, 0) is 13.5 Å². The van der Waals surface area contributed by atoms with Gasteiger partial charge in [0.25, 0.3) is 5.69 Å². The van der Waals surface area contributed by atoms with Gasteiger partial charge in [-0.1, -0.05) is 0 Å². The van der Waals surface area contributed by atoms with Crippen molar-refractivity contribution in [3.05, 3.63) is 40.3 Å².